The van der Waals surface area contributed by atoms with Gasteiger partial charge in [-0.05, 0) is 6.92 Å². The Bertz CT molecular complexity index is 772. The zero-order valence-electron chi connectivity index (χ0n) is 13.6. The minimum absolute atomic E-state index is 0.00330. The first kappa shape index (κ1) is 19.3. The minimum Gasteiger partial charge on any atom is -0.480 e. The van der Waals surface area contributed by atoms with Crippen molar-refractivity contribution in [1.82, 2.24) is 9.88 Å². The molecule has 1 fully saturated rings. The van der Waals surface area contributed by atoms with Crippen molar-refractivity contribution in [2.45, 2.75) is 6.92 Å². The van der Waals surface area contributed by atoms with Gasteiger partial charge in [-0.25, -0.2) is 9.78 Å². The summed E-state index contributed by atoms with van der Waals surface area (Å²) < 4.78 is 5.13. The second-order valence-corrected chi connectivity index (χ2v) is 7.47. The van der Waals surface area contributed by atoms with Gasteiger partial charge in [-0.15, -0.1) is 11.3 Å². The second kappa shape index (κ2) is 7.93. The Morgan fingerprint density at radius 3 is 2.64 bits per heavy atom. The van der Waals surface area contributed by atoms with Crippen LogP contribution in [0.3, 0.4) is 0 Å². The van der Waals surface area contributed by atoms with Crippen molar-refractivity contribution in [1.29, 1.82) is 0 Å². The van der Waals surface area contributed by atoms with Gasteiger partial charge < -0.3 is 14.7 Å². The number of thiocarbonyl (C=S) groups is 1. The van der Waals surface area contributed by atoms with Crippen molar-refractivity contribution in [2.24, 2.45) is 0 Å². The predicted molar refractivity (Wildman–Crippen MR) is 99.5 cm³/mol. The number of anilines is 1. The molecule has 1 aromatic rings. The van der Waals surface area contributed by atoms with E-state index in [1.165, 1.54) is 11.3 Å². The van der Waals surface area contributed by atoms with Gasteiger partial charge in [0.1, 0.15) is 16.4 Å². The van der Waals surface area contributed by atoms with E-state index in [0.29, 0.717) is 10.8 Å². The molecule has 8 nitrogen and oxygen atoms in total. The van der Waals surface area contributed by atoms with E-state index >= 15 is 0 Å². The first-order chi connectivity index (χ1) is 11.8. The number of amides is 1. The van der Waals surface area contributed by atoms with E-state index in [2.05, 4.69) is 4.98 Å². The van der Waals surface area contributed by atoms with Gasteiger partial charge in [-0.1, -0.05) is 24.0 Å². The number of carbonyl (C=O) groups is 3. The van der Waals surface area contributed by atoms with Gasteiger partial charge >= 0.3 is 11.9 Å². The van der Waals surface area contributed by atoms with Gasteiger partial charge in [-0.3, -0.25) is 14.5 Å². The molecule has 1 saturated heterocycles. The molecule has 134 valence electrons. The van der Waals surface area contributed by atoms with Crippen molar-refractivity contribution >= 4 is 68.2 Å². The zero-order valence-corrected chi connectivity index (χ0v) is 16.1. The molecular weight excluding hydrogens is 386 g/mol. The molecule has 1 aliphatic rings. The van der Waals surface area contributed by atoms with Gasteiger partial charge in [0.05, 0.1) is 17.2 Å². The minimum atomic E-state index is -1.20. The van der Waals surface area contributed by atoms with E-state index in [9.17, 15) is 14.4 Å². The molecule has 1 amide bonds. The maximum atomic E-state index is 12.6. The third-order valence-electron chi connectivity index (χ3n) is 2.98. The maximum absolute atomic E-state index is 12.6. The van der Waals surface area contributed by atoms with Gasteiger partial charge in [0.2, 0.25) is 0 Å². The van der Waals surface area contributed by atoms with Crippen LogP contribution < -0.4 is 4.90 Å². The number of hydrogen-bond acceptors (Lipinski definition) is 9. The molecule has 0 spiro atoms. The Morgan fingerprint density at radius 2 is 2.12 bits per heavy atom. The largest absolute Gasteiger partial charge is 0.480 e. The molecular formula is C14H15N3O5S3. The SMILES string of the molecule is CCOC(=O)C(=C1SC(=S)N(CC(=O)O)C1=O)c1csc(N(C)C)n1. The van der Waals surface area contributed by atoms with Gasteiger partial charge in [0, 0.05) is 19.5 Å². The van der Waals surface area contributed by atoms with Crippen molar-refractivity contribution in [2.75, 3.05) is 32.1 Å². The highest BCUT2D eigenvalue weighted by Gasteiger charge is 2.38. The average molecular weight is 401 g/mol. The fourth-order valence-corrected chi connectivity index (χ4v) is 3.99. The number of thiazole rings is 1. The van der Waals surface area contributed by atoms with Crippen LogP contribution in [0.15, 0.2) is 10.3 Å². The topological polar surface area (TPSA) is 100 Å². The van der Waals surface area contributed by atoms with Crippen molar-refractivity contribution < 1.29 is 24.2 Å². The molecule has 25 heavy (non-hydrogen) atoms. The van der Waals surface area contributed by atoms with Crippen molar-refractivity contribution in [3.05, 3.63) is 16.0 Å². The van der Waals surface area contributed by atoms with Gasteiger partial charge in [-0.2, -0.15) is 0 Å². The molecule has 2 heterocycles. The standard InChI is InChI=1S/C14H15N3O5S3/c1-4-22-12(21)9(7-6-24-13(15-7)16(2)3)10-11(20)17(5-8(18)19)14(23)25-10/h6H,4-5H2,1-3H3,(H,18,19). The molecule has 1 aromatic heterocycles. The maximum Gasteiger partial charge on any atom is 0.341 e. The lowest BCUT2D eigenvalue weighted by molar-refractivity contribution is -0.140. The normalized spacial score (nSPS) is 16.2. The highest BCUT2D eigenvalue weighted by Crippen LogP contribution is 2.38. The smallest absolute Gasteiger partial charge is 0.341 e. The lowest BCUT2D eigenvalue weighted by Crippen LogP contribution is -2.33. The van der Waals surface area contributed by atoms with Crippen LogP contribution >= 0.6 is 35.3 Å². The lowest BCUT2D eigenvalue weighted by atomic mass is 10.2. The van der Waals surface area contributed by atoms with Crippen LogP contribution in [0.2, 0.25) is 0 Å². The summed E-state index contributed by atoms with van der Waals surface area (Å²) in [6.07, 6.45) is 0. The Hall–Kier alpha value is -1.98. The summed E-state index contributed by atoms with van der Waals surface area (Å²) in [5.41, 5.74) is 0.291. The van der Waals surface area contributed by atoms with Crippen LogP contribution in [-0.2, 0) is 19.1 Å². The Morgan fingerprint density at radius 1 is 1.44 bits per heavy atom. The number of carboxylic acids is 1. The fraction of sp³-hybridized carbons (Fsp3) is 0.357. The number of ether oxygens (including phenoxy) is 1. The average Bonchev–Trinajstić information content (AvgIpc) is 3.09. The monoisotopic (exact) mass is 401 g/mol. The number of carbonyl (C=O) groups excluding carboxylic acids is 2. The Kier molecular flexibility index (Phi) is 6.14. The summed E-state index contributed by atoms with van der Waals surface area (Å²) in [7, 11) is 3.61. The number of hydrogen-bond donors (Lipinski definition) is 1. The second-order valence-electron chi connectivity index (χ2n) is 4.99. The first-order valence-corrected chi connectivity index (χ1v) is 9.16. The third kappa shape index (κ3) is 4.17. The molecule has 2 rings (SSSR count). The highest BCUT2D eigenvalue weighted by atomic mass is 32.2. The number of carboxylic acid groups (broad SMARTS) is 1. The van der Waals surface area contributed by atoms with E-state index in [0.717, 1.165) is 16.7 Å². The summed E-state index contributed by atoms with van der Waals surface area (Å²) in [6.45, 7) is 1.21. The summed E-state index contributed by atoms with van der Waals surface area (Å²) in [4.78, 5) is 43.0. The Balaban J connectivity index is 2.52. The molecule has 0 aromatic carbocycles. The van der Waals surface area contributed by atoms with Crippen LogP contribution in [-0.4, -0.2) is 64.4 Å². The number of nitrogens with zero attached hydrogens (tertiary/aromatic N) is 3. The highest BCUT2D eigenvalue weighted by molar-refractivity contribution is 8.26. The van der Waals surface area contributed by atoms with Crippen LogP contribution in [0.4, 0.5) is 5.13 Å². The van der Waals surface area contributed by atoms with E-state index in [1.807, 2.05) is 0 Å². The summed E-state index contributed by atoms with van der Waals surface area (Å²) in [6, 6.07) is 0. The number of thioether (sulfide) groups is 1. The summed E-state index contributed by atoms with van der Waals surface area (Å²) in [5, 5.41) is 11.2. The number of aromatic nitrogens is 1. The van der Waals surface area contributed by atoms with Crippen molar-refractivity contribution in [3.63, 3.8) is 0 Å². The number of aliphatic carboxylic acids is 1. The van der Waals surface area contributed by atoms with E-state index in [1.54, 1.807) is 31.3 Å². The molecule has 1 aliphatic heterocycles. The van der Waals surface area contributed by atoms with E-state index < -0.39 is 24.4 Å². The number of esters is 1. The van der Waals surface area contributed by atoms with E-state index in [4.69, 9.17) is 22.1 Å². The van der Waals surface area contributed by atoms with Crippen LogP contribution in [0, 0.1) is 0 Å². The molecule has 0 saturated carbocycles. The fourth-order valence-electron chi connectivity index (χ4n) is 1.92. The first-order valence-electron chi connectivity index (χ1n) is 7.06. The zero-order chi connectivity index (χ0) is 18.7. The van der Waals surface area contributed by atoms with Gasteiger partial charge in [0.25, 0.3) is 5.91 Å². The Labute approximate surface area is 157 Å². The molecule has 0 unspecified atom stereocenters. The third-order valence-corrected chi connectivity index (χ3v) is 5.44. The molecule has 1 N–H and O–H groups in total. The summed E-state index contributed by atoms with van der Waals surface area (Å²) >= 11 is 7.25. The molecule has 0 bridgehead atoms. The molecule has 0 radical (unpaired) electrons. The van der Waals surface area contributed by atoms with Crippen LogP contribution in [0.25, 0.3) is 5.57 Å². The van der Waals surface area contributed by atoms with Crippen molar-refractivity contribution in [3.8, 4) is 0 Å². The molecule has 0 atom stereocenters. The predicted octanol–water partition coefficient (Wildman–Crippen LogP) is 1.43. The molecule has 0 aliphatic carbocycles. The van der Waals surface area contributed by atoms with Gasteiger partial charge in [0.15, 0.2) is 5.13 Å². The van der Waals surface area contributed by atoms with Crippen LogP contribution in [0.5, 0.6) is 0 Å². The quantitative estimate of drug-likeness (QED) is 0.431. The van der Waals surface area contributed by atoms with Crippen LogP contribution in [0.1, 0.15) is 12.6 Å². The molecule has 11 heteroatoms. The summed E-state index contributed by atoms with van der Waals surface area (Å²) in [5.74, 6) is -2.53. The van der Waals surface area contributed by atoms with E-state index in [-0.39, 0.29) is 21.4 Å². The lowest BCUT2D eigenvalue weighted by Gasteiger charge is -2.11. The number of rotatable bonds is 6.